The van der Waals surface area contributed by atoms with Crippen LogP contribution in [0.4, 0.5) is 16.6 Å². The van der Waals surface area contributed by atoms with Crippen molar-refractivity contribution in [3.8, 4) is 5.75 Å². The first-order valence-corrected chi connectivity index (χ1v) is 17.4. The van der Waals surface area contributed by atoms with Gasteiger partial charge in [0, 0.05) is 11.5 Å². The van der Waals surface area contributed by atoms with E-state index in [9.17, 15) is 13.2 Å². The second-order valence-corrected chi connectivity index (χ2v) is 15.2. The maximum absolute atomic E-state index is 13.2. The second-order valence-electron chi connectivity index (χ2n) is 13.5. The maximum atomic E-state index is 13.2. The van der Waals surface area contributed by atoms with Crippen molar-refractivity contribution in [2.45, 2.75) is 76.5 Å². The van der Waals surface area contributed by atoms with Crippen molar-refractivity contribution in [3.63, 3.8) is 0 Å². The van der Waals surface area contributed by atoms with Crippen molar-refractivity contribution in [1.29, 1.82) is 0 Å². The first-order valence-electron chi connectivity index (χ1n) is 15.5. The topological polar surface area (TPSA) is 156 Å². The molecule has 244 valence electrons. The third kappa shape index (κ3) is 6.49. The van der Waals surface area contributed by atoms with E-state index in [1.54, 1.807) is 6.07 Å². The highest BCUT2D eigenvalue weighted by atomic mass is 32.2. The minimum absolute atomic E-state index is 0.102. The summed E-state index contributed by atoms with van der Waals surface area (Å²) < 4.78 is 34.6. The molecule has 1 fully saturated rings. The van der Waals surface area contributed by atoms with Crippen LogP contribution in [0, 0.1) is 0 Å². The van der Waals surface area contributed by atoms with Gasteiger partial charge in [-0.25, -0.2) is 18.2 Å². The molecule has 1 aliphatic heterocycles. The summed E-state index contributed by atoms with van der Waals surface area (Å²) in [5, 5.41) is 14.8. The van der Waals surface area contributed by atoms with E-state index in [1.165, 1.54) is 0 Å². The zero-order valence-electron chi connectivity index (χ0n) is 27.0. The van der Waals surface area contributed by atoms with Gasteiger partial charge in [0.1, 0.15) is 17.7 Å². The third-order valence-electron chi connectivity index (χ3n) is 8.89. The van der Waals surface area contributed by atoms with Crippen molar-refractivity contribution in [2.75, 3.05) is 29.9 Å². The molecule has 4 heterocycles. The van der Waals surface area contributed by atoms with Crippen LogP contribution in [0.25, 0.3) is 5.65 Å². The molecule has 13 nitrogen and oxygen atoms in total. The van der Waals surface area contributed by atoms with Gasteiger partial charge in [-0.3, -0.25) is 19.3 Å². The molecule has 14 heteroatoms. The zero-order chi connectivity index (χ0) is 32.9. The van der Waals surface area contributed by atoms with Gasteiger partial charge < -0.3 is 10.1 Å². The Labute approximate surface area is 269 Å². The van der Waals surface area contributed by atoms with Gasteiger partial charge in [0.25, 0.3) is 0 Å². The van der Waals surface area contributed by atoms with Gasteiger partial charge in [-0.15, -0.1) is 10.2 Å². The number of carbonyl (C=O) groups excluding carboxylic acids is 1. The summed E-state index contributed by atoms with van der Waals surface area (Å²) in [5.41, 5.74) is 2.72. The third-order valence-corrected chi connectivity index (χ3v) is 9.44. The number of anilines is 2. The molecule has 0 saturated carbocycles. The Morgan fingerprint density at radius 1 is 1.07 bits per heavy atom. The van der Waals surface area contributed by atoms with Gasteiger partial charge in [0.05, 0.1) is 29.7 Å². The number of fused-ring (bicyclic) bond motifs is 2. The molecule has 0 radical (unpaired) electrons. The average Bonchev–Trinajstić information content (AvgIpc) is 3.55. The van der Waals surface area contributed by atoms with Crippen LogP contribution in [-0.2, 0) is 21.0 Å². The van der Waals surface area contributed by atoms with Gasteiger partial charge in [0.2, 0.25) is 16.0 Å². The normalized spacial score (nSPS) is 22.0. The summed E-state index contributed by atoms with van der Waals surface area (Å²) in [6, 6.07) is 12.7. The molecule has 1 aromatic carbocycles. The summed E-state index contributed by atoms with van der Waals surface area (Å²) >= 11 is 0. The highest BCUT2D eigenvalue weighted by Crippen LogP contribution is 2.40. The molecule has 6 rings (SSSR count). The monoisotopic (exact) mass is 647 g/mol. The number of urea groups is 1. The predicted octanol–water partition coefficient (Wildman–Crippen LogP) is 4.91. The fourth-order valence-corrected chi connectivity index (χ4v) is 6.72. The van der Waals surface area contributed by atoms with Crippen LogP contribution in [0.15, 0.2) is 48.7 Å². The number of sulfonamides is 1. The van der Waals surface area contributed by atoms with E-state index in [4.69, 9.17) is 4.74 Å². The Bertz CT molecular complexity index is 1890. The molecule has 3 N–H and O–H groups in total. The van der Waals surface area contributed by atoms with E-state index in [-0.39, 0.29) is 29.5 Å². The SMILES string of the molecule is CN1CCC[C@@]1(C)c1nnc2ccc(O[C@@H]3CC[C@H](NC(=O)Nc4cc(C(C)(C)C)nc(NS(C)(=O)=O)n4)c4ccccc43)cn12. The molecule has 2 amide bonds. The lowest BCUT2D eigenvalue weighted by Crippen LogP contribution is -2.37. The van der Waals surface area contributed by atoms with Crippen LogP contribution in [0.5, 0.6) is 5.75 Å². The highest BCUT2D eigenvalue weighted by molar-refractivity contribution is 7.92. The van der Waals surface area contributed by atoms with Crippen molar-refractivity contribution in [2.24, 2.45) is 0 Å². The first kappa shape index (κ1) is 31.7. The quantitative estimate of drug-likeness (QED) is 0.254. The van der Waals surface area contributed by atoms with Crippen LogP contribution >= 0.6 is 0 Å². The number of pyridine rings is 1. The van der Waals surface area contributed by atoms with E-state index in [2.05, 4.69) is 54.4 Å². The van der Waals surface area contributed by atoms with Gasteiger partial charge in [-0.1, -0.05) is 45.0 Å². The second kappa shape index (κ2) is 11.8. The zero-order valence-corrected chi connectivity index (χ0v) is 27.9. The van der Waals surface area contributed by atoms with Gasteiger partial charge in [0.15, 0.2) is 11.5 Å². The van der Waals surface area contributed by atoms with Crippen LogP contribution in [0.3, 0.4) is 0 Å². The Balaban J connectivity index is 1.19. The summed E-state index contributed by atoms with van der Waals surface area (Å²) in [4.78, 5) is 24.1. The average molecular weight is 648 g/mol. The number of nitrogens with zero attached hydrogens (tertiary/aromatic N) is 6. The Morgan fingerprint density at radius 2 is 1.83 bits per heavy atom. The van der Waals surface area contributed by atoms with Gasteiger partial charge in [-0.2, -0.15) is 4.98 Å². The van der Waals surface area contributed by atoms with E-state index >= 15 is 0 Å². The molecule has 2 aliphatic rings. The van der Waals surface area contributed by atoms with Crippen LogP contribution in [0.1, 0.15) is 88.2 Å². The van der Waals surface area contributed by atoms with Crippen molar-refractivity contribution in [1.82, 2.24) is 34.8 Å². The number of likely N-dealkylation sites (tertiary alicyclic amines) is 1. The van der Waals surface area contributed by atoms with Gasteiger partial charge in [-0.05, 0) is 69.5 Å². The molecule has 1 aliphatic carbocycles. The van der Waals surface area contributed by atoms with Crippen LogP contribution < -0.4 is 20.1 Å². The fraction of sp³-hybridized carbons (Fsp3) is 0.469. The minimum atomic E-state index is -3.61. The van der Waals surface area contributed by atoms with Crippen molar-refractivity contribution in [3.05, 3.63) is 71.3 Å². The standard InChI is InChI=1S/C32H41N9O4S/c1-31(2,3)25-18-26(35-29(34-25)39-46(6,43)44)36-30(42)33-23-13-14-24(22-11-8-7-10-21(22)23)45-20-12-15-27-37-38-28(41(27)19-20)32(4)16-9-17-40(32)5/h7-8,10-12,15,18-19,23-24H,9,13-14,16-17H2,1-6H3,(H3,33,34,35,36,39,42)/t23-,24+,32-/m0/s1. The van der Waals surface area contributed by atoms with Crippen LogP contribution in [-0.4, -0.2) is 63.8 Å². The number of hydrogen-bond acceptors (Lipinski definition) is 9. The molecular weight excluding hydrogens is 606 g/mol. The summed E-state index contributed by atoms with van der Waals surface area (Å²) in [7, 11) is -1.49. The minimum Gasteiger partial charge on any atom is -0.484 e. The summed E-state index contributed by atoms with van der Waals surface area (Å²) in [6.45, 7) is 9.06. The number of ether oxygens (including phenoxy) is 1. The molecule has 1 saturated heterocycles. The Hall–Kier alpha value is -4.30. The Morgan fingerprint density at radius 3 is 2.52 bits per heavy atom. The molecule has 46 heavy (non-hydrogen) atoms. The number of carbonyl (C=O) groups is 1. The molecule has 3 aromatic heterocycles. The number of hydrogen-bond donors (Lipinski definition) is 3. The maximum Gasteiger partial charge on any atom is 0.320 e. The molecule has 3 atom stereocenters. The van der Waals surface area contributed by atoms with E-state index in [0.29, 0.717) is 18.5 Å². The molecular formula is C32H41N9O4S. The molecule has 0 unspecified atom stereocenters. The molecule has 0 bridgehead atoms. The fourth-order valence-electron chi connectivity index (χ4n) is 6.29. The van der Waals surface area contributed by atoms with E-state index in [1.807, 2.05) is 67.8 Å². The van der Waals surface area contributed by atoms with Crippen molar-refractivity contribution >= 4 is 33.5 Å². The number of rotatable bonds is 7. The van der Waals surface area contributed by atoms with Gasteiger partial charge >= 0.3 is 6.03 Å². The summed E-state index contributed by atoms with van der Waals surface area (Å²) in [6.07, 6.45) is 6.25. The van der Waals surface area contributed by atoms with E-state index in [0.717, 1.165) is 54.0 Å². The highest BCUT2D eigenvalue weighted by Gasteiger charge is 2.40. The summed E-state index contributed by atoms with van der Waals surface area (Å²) in [5.74, 6) is 1.72. The smallest absolute Gasteiger partial charge is 0.320 e. The first-order chi connectivity index (χ1) is 21.7. The number of aromatic nitrogens is 5. The van der Waals surface area contributed by atoms with Crippen LogP contribution in [0.2, 0.25) is 0 Å². The molecule has 4 aromatic rings. The lowest BCUT2D eigenvalue weighted by Gasteiger charge is -2.32. The molecule has 0 spiro atoms. The Kier molecular flexibility index (Phi) is 8.13. The lowest BCUT2D eigenvalue weighted by atomic mass is 9.85. The predicted molar refractivity (Wildman–Crippen MR) is 175 cm³/mol. The number of nitrogens with one attached hydrogen (secondary N) is 3. The largest absolute Gasteiger partial charge is 0.484 e. The van der Waals surface area contributed by atoms with E-state index < -0.39 is 21.5 Å². The lowest BCUT2D eigenvalue weighted by molar-refractivity contribution is 0.170. The van der Waals surface area contributed by atoms with Crippen molar-refractivity contribution < 1.29 is 17.9 Å². The number of benzene rings is 1. The number of amides is 2.